The molecule has 0 aromatic rings. The fourth-order valence-corrected chi connectivity index (χ4v) is 2.55. The Morgan fingerprint density at radius 1 is 1.22 bits per heavy atom. The molecule has 1 aliphatic carbocycles. The minimum atomic E-state index is 0.225. The van der Waals surface area contributed by atoms with E-state index >= 15 is 0 Å². The van der Waals surface area contributed by atoms with Crippen molar-refractivity contribution in [2.45, 2.75) is 57.7 Å². The molecular formula is C14H29N3O. The van der Waals surface area contributed by atoms with E-state index in [1.807, 2.05) is 19.0 Å². The van der Waals surface area contributed by atoms with Crippen LogP contribution in [-0.4, -0.2) is 61.5 Å². The van der Waals surface area contributed by atoms with E-state index < -0.39 is 0 Å². The molecule has 106 valence electrons. The van der Waals surface area contributed by atoms with Crippen LogP contribution >= 0.6 is 0 Å². The molecule has 0 aromatic carbocycles. The van der Waals surface area contributed by atoms with Crippen molar-refractivity contribution in [1.82, 2.24) is 15.1 Å². The van der Waals surface area contributed by atoms with Gasteiger partial charge < -0.3 is 10.2 Å². The van der Waals surface area contributed by atoms with Crippen LogP contribution < -0.4 is 5.32 Å². The highest BCUT2D eigenvalue weighted by molar-refractivity contribution is 5.78. The number of hydrogen-bond donors (Lipinski definition) is 1. The van der Waals surface area contributed by atoms with E-state index in [0.29, 0.717) is 18.6 Å². The van der Waals surface area contributed by atoms with Gasteiger partial charge in [-0.25, -0.2) is 0 Å². The molecule has 0 bridgehead atoms. The summed E-state index contributed by atoms with van der Waals surface area (Å²) in [7, 11) is 6.00. The van der Waals surface area contributed by atoms with Crippen molar-refractivity contribution in [3.8, 4) is 0 Å². The maximum absolute atomic E-state index is 12.0. The Morgan fingerprint density at radius 3 is 2.22 bits per heavy atom. The number of likely N-dealkylation sites (N-methyl/N-ethyl adjacent to an activating group) is 2. The maximum atomic E-state index is 12.0. The summed E-state index contributed by atoms with van der Waals surface area (Å²) < 4.78 is 0. The average Bonchev–Trinajstić information content (AvgIpc) is 2.37. The van der Waals surface area contributed by atoms with E-state index in [4.69, 9.17) is 0 Å². The van der Waals surface area contributed by atoms with E-state index in [1.165, 1.54) is 25.7 Å². The SMILES string of the molecule is CNC1CCC(N(C)CC(=O)N(C)C(C)C)CC1. The molecule has 0 aromatic heterocycles. The van der Waals surface area contributed by atoms with Crippen LogP contribution in [0.5, 0.6) is 0 Å². The van der Waals surface area contributed by atoms with Crippen molar-refractivity contribution < 1.29 is 4.79 Å². The Balaban J connectivity index is 2.37. The summed E-state index contributed by atoms with van der Waals surface area (Å²) in [4.78, 5) is 16.1. The summed E-state index contributed by atoms with van der Waals surface area (Å²) in [6.07, 6.45) is 4.83. The topological polar surface area (TPSA) is 35.6 Å². The predicted octanol–water partition coefficient (Wildman–Crippen LogP) is 1.32. The number of nitrogens with one attached hydrogen (secondary N) is 1. The smallest absolute Gasteiger partial charge is 0.236 e. The van der Waals surface area contributed by atoms with Gasteiger partial charge in [0.15, 0.2) is 0 Å². The monoisotopic (exact) mass is 255 g/mol. The molecule has 1 aliphatic rings. The summed E-state index contributed by atoms with van der Waals surface area (Å²) in [6.45, 7) is 4.65. The Morgan fingerprint density at radius 2 is 1.78 bits per heavy atom. The highest BCUT2D eigenvalue weighted by Gasteiger charge is 2.25. The minimum absolute atomic E-state index is 0.225. The average molecular weight is 255 g/mol. The first-order valence-corrected chi connectivity index (χ1v) is 7.08. The van der Waals surface area contributed by atoms with Gasteiger partial charge in [0.05, 0.1) is 6.54 Å². The normalized spacial score (nSPS) is 24.6. The summed E-state index contributed by atoms with van der Waals surface area (Å²) >= 11 is 0. The Hall–Kier alpha value is -0.610. The lowest BCUT2D eigenvalue weighted by atomic mass is 9.90. The van der Waals surface area contributed by atoms with Crippen molar-refractivity contribution in [1.29, 1.82) is 0 Å². The van der Waals surface area contributed by atoms with Gasteiger partial charge in [0.1, 0.15) is 0 Å². The second kappa shape index (κ2) is 7.10. The molecule has 0 saturated heterocycles. The van der Waals surface area contributed by atoms with Crippen LogP contribution in [0.25, 0.3) is 0 Å². The van der Waals surface area contributed by atoms with Crippen molar-refractivity contribution in [3.63, 3.8) is 0 Å². The van der Waals surface area contributed by atoms with Gasteiger partial charge in [0.25, 0.3) is 0 Å². The first kappa shape index (κ1) is 15.4. The molecule has 0 atom stereocenters. The Kier molecular flexibility index (Phi) is 6.09. The van der Waals surface area contributed by atoms with Gasteiger partial charge in [-0.15, -0.1) is 0 Å². The minimum Gasteiger partial charge on any atom is -0.342 e. The number of carbonyl (C=O) groups is 1. The molecule has 1 saturated carbocycles. The molecule has 1 fully saturated rings. The molecule has 0 unspecified atom stereocenters. The third-order valence-corrected chi connectivity index (χ3v) is 4.28. The van der Waals surface area contributed by atoms with Gasteiger partial charge in [-0.05, 0) is 53.6 Å². The highest BCUT2D eigenvalue weighted by atomic mass is 16.2. The van der Waals surface area contributed by atoms with Gasteiger partial charge in [-0.2, -0.15) is 0 Å². The quantitative estimate of drug-likeness (QED) is 0.805. The zero-order valence-corrected chi connectivity index (χ0v) is 12.6. The lowest BCUT2D eigenvalue weighted by Gasteiger charge is -2.35. The van der Waals surface area contributed by atoms with E-state index in [1.54, 1.807) is 0 Å². The number of carbonyl (C=O) groups excluding carboxylic acids is 1. The summed E-state index contributed by atoms with van der Waals surface area (Å²) in [5.41, 5.74) is 0. The number of amides is 1. The molecule has 0 heterocycles. The van der Waals surface area contributed by atoms with Crippen LogP contribution in [0, 0.1) is 0 Å². The Labute approximate surface area is 112 Å². The zero-order valence-electron chi connectivity index (χ0n) is 12.6. The highest BCUT2D eigenvalue weighted by Crippen LogP contribution is 2.22. The van der Waals surface area contributed by atoms with Crippen molar-refractivity contribution in [2.75, 3.05) is 27.7 Å². The fraction of sp³-hybridized carbons (Fsp3) is 0.929. The molecule has 1 amide bonds. The molecular weight excluding hydrogens is 226 g/mol. The van der Waals surface area contributed by atoms with Gasteiger partial charge in [0, 0.05) is 25.2 Å². The second-order valence-electron chi connectivity index (χ2n) is 5.81. The van der Waals surface area contributed by atoms with Crippen molar-refractivity contribution >= 4 is 5.91 Å². The molecule has 4 heteroatoms. The van der Waals surface area contributed by atoms with Crippen LogP contribution in [0.4, 0.5) is 0 Å². The van der Waals surface area contributed by atoms with Gasteiger partial charge in [-0.1, -0.05) is 0 Å². The van der Waals surface area contributed by atoms with Crippen LogP contribution in [0.15, 0.2) is 0 Å². The summed E-state index contributed by atoms with van der Waals surface area (Å²) in [5.74, 6) is 0.225. The molecule has 0 radical (unpaired) electrons. The van der Waals surface area contributed by atoms with Crippen LogP contribution in [0.1, 0.15) is 39.5 Å². The van der Waals surface area contributed by atoms with Crippen molar-refractivity contribution in [2.24, 2.45) is 0 Å². The molecule has 1 N–H and O–H groups in total. The summed E-state index contributed by atoms with van der Waals surface area (Å²) in [5, 5.41) is 3.34. The van der Waals surface area contributed by atoms with E-state index in [0.717, 1.165) is 0 Å². The van der Waals surface area contributed by atoms with Crippen LogP contribution in [-0.2, 0) is 4.79 Å². The molecule has 18 heavy (non-hydrogen) atoms. The van der Waals surface area contributed by atoms with Crippen molar-refractivity contribution in [3.05, 3.63) is 0 Å². The van der Waals surface area contributed by atoms with Crippen LogP contribution in [0.2, 0.25) is 0 Å². The standard InChI is InChI=1S/C14H29N3O/c1-11(2)17(5)14(18)10-16(4)13-8-6-12(15-3)7-9-13/h11-13,15H,6-10H2,1-5H3. The molecule has 4 nitrogen and oxygen atoms in total. The summed E-state index contributed by atoms with van der Waals surface area (Å²) in [6, 6.07) is 1.52. The third-order valence-electron chi connectivity index (χ3n) is 4.28. The molecule has 0 aliphatic heterocycles. The Bertz CT molecular complexity index is 260. The number of nitrogens with zero attached hydrogens (tertiary/aromatic N) is 2. The largest absolute Gasteiger partial charge is 0.342 e. The molecule has 0 spiro atoms. The number of hydrogen-bond acceptors (Lipinski definition) is 3. The first-order valence-electron chi connectivity index (χ1n) is 7.08. The second-order valence-corrected chi connectivity index (χ2v) is 5.81. The van der Waals surface area contributed by atoms with Gasteiger partial charge >= 0.3 is 0 Å². The molecule has 1 rings (SSSR count). The van der Waals surface area contributed by atoms with Gasteiger partial charge in [0.2, 0.25) is 5.91 Å². The zero-order chi connectivity index (χ0) is 13.7. The van der Waals surface area contributed by atoms with E-state index in [9.17, 15) is 4.79 Å². The maximum Gasteiger partial charge on any atom is 0.236 e. The number of rotatable bonds is 5. The van der Waals surface area contributed by atoms with E-state index in [-0.39, 0.29) is 11.9 Å². The lowest BCUT2D eigenvalue weighted by molar-refractivity contribution is -0.132. The fourth-order valence-electron chi connectivity index (χ4n) is 2.55. The lowest BCUT2D eigenvalue weighted by Crippen LogP contribution is -2.45. The van der Waals surface area contributed by atoms with Crippen LogP contribution in [0.3, 0.4) is 0 Å². The van der Waals surface area contributed by atoms with Gasteiger partial charge in [-0.3, -0.25) is 9.69 Å². The first-order chi connectivity index (χ1) is 8.45. The van der Waals surface area contributed by atoms with E-state index in [2.05, 4.69) is 31.1 Å². The predicted molar refractivity (Wildman–Crippen MR) is 75.6 cm³/mol. The third kappa shape index (κ3) is 4.25.